The summed E-state index contributed by atoms with van der Waals surface area (Å²) in [5.74, 6) is 1.42. The van der Waals surface area contributed by atoms with Crippen molar-refractivity contribution in [3.8, 4) is 17.2 Å². The van der Waals surface area contributed by atoms with Gasteiger partial charge in [-0.3, -0.25) is 0 Å². The molecular weight excluding hydrogens is 342 g/mol. The van der Waals surface area contributed by atoms with Crippen LogP contribution >= 0.6 is 0 Å². The summed E-state index contributed by atoms with van der Waals surface area (Å²) in [6.45, 7) is 0.842. The van der Waals surface area contributed by atoms with E-state index in [0.717, 1.165) is 5.56 Å². The van der Waals surface area contributed by atoms with E-state index in [4.69, 9.17) is 9.26 Å². The quantitative estimate of drug-likeness (QED) is 0.648. The van der Waals surface area contributed by atoms with Crippen molar-refractivity contribution in [3.05, 3.63) is 54.6 Å². The molecule has 0 unspecified atom stereocenters. The van der Waals surface area contributed by atoms with Crippen molar-refractivity contribution in [2.24, 2.45) is 0 Å². The Bertz CT molecular complexity index is 922. The van der Waals surface area contributed by atoms with Gasteiger partial charge in [0, 0.05) is 11.8 Å². The van der Waals surface area contributed by atoms with Gasteiger partial charge in [-0.05, 0) is 41.6 Å². The molecule has 1 aromatic heterocycles. The Morgan fingerprint density at radius 3 is 2.48 bits per heavy atom. The minimum atomic E-state index is -3.20. The zero-order chi connectivity index (χ0) is 17.7. The van der Waals surface area contributed by atoms with Gasteiger partial charge >= 0.3 is 0 Å². The maximum Gasteiger partial charge on any atom is 0.263 e. The molecule has 0 aliphatic carbocycles. The van der Waals surface area contributed by atoms with Gasteiger partial charge in [0.05, 0.1) is 11.4 Å². The summed E-state index contributed by atoms with van der Waals surface area (Å²) in [6.07, 6.45) is 1.17. The van der Waals surface area contributed by atoms with Gasteiger partial charge in [0.15, 0.2) is 9.84 Å². The van der Waals surface area contributed by atoms with E-state index in [1.807, 2.05) is 30.3 Å². The Labute approximate surface area is 145 Å². The van der Waals surface area contributed by atoms with Crippen LogP contribution in [0.4, 0.5) is 5.95 Å². The number of nitrogens with one attached hydrogen (secondary N) is 1. The second kappa shape index (κ2) is 7.35. The fourth-order valence-electron chi connectivity index (χ4n) is 2.11. The SMILES string of the molecule is CS(=O)(=O)c1ccc(OCCNc2noc(-c3ccccc3)n2)cc1. The lowest BCUT2D eigenvalue weighted by Crippen LogP contribution is -2.12. The van der Waals surface area contributed by atoms with Gasteiger partial charge in [-0.1, -0.05) is 18.2 Å². The number of ether oxygens (including phenoxy) is 1. The lowest BCUT2D eigenvalue weighted by Gasteiger charge is -2.06. The summed E-state index contributed by atoms with van der Waals surface area (Å²) in [5.41, 5.74) is 0.852. The Morgan fingerprint density at radius 1 is 1.08 bits per heavy atom. The number of anilines is 1. The molecule has 0 saturated heterocycles. The van der Waals surface area contributed by atoms with Crippen molar-refractivity contribution in [3.63, 3.8) is 0 Å². The van der Waals surface area contributed by atoms with E-state index in [-0.39, 0.29) is 4.90 Å². The number of sulfone groups is 1. The first-order valence-electron chi connectivity index (χ1n) is 7.58. The zero-order valence-electron chi connectivity index (χ0n) is 13.5. The van der Waals surface area contributed by atoms with Crippen LogP contribution in [0.2, 0.25) is 0 Å². The monoisotopic (exact) mass is 359 g/mol. The van der Waals surface area contributed by atoms with Crippen LogP contribution in [0, 0.1) is 0 Å². The number of nitrogens with zero attached hydrogens (tertiary/aromatic N) is 2. The molecular formula is C17H17N3O4S. The van der Waals surface area contributed by atoms with E-state index in [2.05, 4.69) is 15.5 Å². The Hall–Kier alpha value is -2.87. The molecule has 0 saturated carbocycles. The summed E-state index contributed by atoms with van der Waals surface area (Å²) in [6, 6.07) is 15.8. The topological polar surface area (TPSA) is 94.3 Å². The number of benzene rings is 2. The summed E-state index contributed by atoms with van der Waals surface area (Å²) in [7, 11) is -3.20. The highest BCUT2D eigenvalue weighted by molar-refractivity contribution is 7.90. The van der Waals surface area contributed by atoms with Crippen molar-refractivity contribution in [2.45, 2.75) is 4.90 Å². The van der Waals surface area contributed by atoms with Crippen LogP contribution in [-0.2, 0) is 9.84 Å². The van der Waals surface area contributed by atoms with Crippen LogP contribution in [0.3, 0.4) is 0 Å². The van der Waals surface area contributed by atoms with Gasteiger partial charge in [-0.2, -0.15) is 4.98 Å². The van der Waals surface area contributed by atoms with Gasteiger partial charge in [-0.15, -0.1) is 0 Å². The van der Waals surface area contributed by atoms with Crippen molar-refractivity contribution in [1.82, 2.24) is 10.1 Å². The predicted octanol–water partition coefficient (Wildman–Crippen LogP) is 2.63. The Balaban J connectivity index is 1.48. The molecule has 1 N–H and O–H groups in total. The summed E-state index contributed by atoms with van der Waals surface area (Å²) in [5, 5.41) is 6.86. The van der Waals surface area contributed by atoms with Crippen LogP contribution in [0.1, 0.15) is 0 Å². The van der Waals surface area contributed by atoms with E-state index < -0.39 is 9.84 Å². The molecule has 2 aromatic carbocycles. The minimum absolute atomic E-state index is 0.262. The molecule has 0 atom stereocenters. The third kappa shape index (κ3) is 4.57. The van der Waals surface area contributed by atoms with E-state index in [1.165, 1.54) is 18.4 Å². The van der Waals surface area contributed by atoms with E-state index in [0.29, 0.717) is 30.7 Å². The minimum Gasteiger partial charge on any atom is -0.492 e. The van der Waals surface area contributed by atoms with E-state index >= 15 is 0 Å². The van der Waals surface area contributed by atoms with Crippen molar-refractivity contribution < 1.29 is 17.7 Å². The Kier molecular flexibility index (Phi) is 4.99. The third-order valence-electron chi connectivity index (χ3n) is 3.35. The predicted molar refractivity (Wildman–Crippen MR) is 93.3 cm³/mol. The van der Waals surface area contributed by atoms with Gasteiger partial charge in [0.1, 0.15) is 12.4 Å². The molecule has 25 heavy (non-hydrogen) atoms. The summed E-state index contributed by atoms with van der Waals surface area (Å²) < 4.78 is 33.5. The number of hydrogen-bond donors (Lipinski definition) is 1. The summed E-state index contributed by atoms with van der Waals surface area (Å²) >= 11 is 0. The van der Waals surface area contributed by atoms with Crippen LogP contribution in [0.25, 0.3) is 11.5 Å². The molecule has 1 heterocycles. The van der Waals surface area contributed by atoms with Crippen molar-refractivity contribution >= 4 is 15.8 Å². The fraction of sp³-hybridized carbons (Fsp3) is 0.176. The van der Waals surface area contributed by atoms with E-state index in [9.17, 15) is 8.42 Å². The first-order valence-corrected chi connectivity index (χ1v) is 9.47. The molecule has 3 aromatic rings. The average Bonchev–Trinajstić information content (AvgIpc) is 3.08. The maximum atomic E-state index is 11.4. The second-order valence-electron chi connectivity index (χ2n) is 5.31. The zero-order valence-corrected chi connectivity index (χ0v) is 14.4. The molecule has 0 bridgehead atoms. The standard InChI is InChI=1S/C17H17N3O4S/c1-25(21,22)15-9-7-14(8-10-15)23-12-11-18-17-19-16(24-20-17)13-5-3-2-4-6-13/h2-10H,11-12H2,1H3,(H,18,20). The fourth-order valence-corrected chi connectivity index (χ4v) is 2.74. The first-order chi connectivity index (χ1) is 12.0. The molecule has 0 spiro atoms. The maximum absolute atomic E-state index is 11.4. The lowest BCUT2D eigenvalue weighted by atomic mass is 10.2. The molecule has 8 heteroatoms. The molecule has 0 radical (unpaired) electrons. The van der Waals surface area contributed by atoms with Crippen LogP contribution in [0.15, 0.2) is 64.0 Å². The average molecular weight is 359 g/mol. The van der Waals surface area contributed by atoms with Gasteiger partial charge in [0.2, 0.25) is 0 Å². The molecule has 3 rings (SSSR count). The lowest BCUT2D eigenvalue weighted by molar-refractivity contribution is 0.332. The molecule has 0 amide bonds. The summed E-state index contributed by atoms with van der Waals surface area (Å²) in [4.78, 5) is 4.51. The first kappa shape index (κ1) is 17.0. The van der Waals surface area contributed by atoms with Crippen LogP contribution < -0.4 is 10.1 Å². The van der Waals surface area contributed by atoms with Crippen LogP contribution in [-0.4, -0.2) is 38.0 Å². The molecule has 0 aliphatic heterocycles. The highest BCUT2D eigenvalue weighted by Crippen LogP contribution is 2.18. The third-order valence-corrected chi connectivity index (χ3v) is 4.48. The van der Waals surface area contributed by atoms with Crippen molar-refractivity contribution in [1.29, 1.82) is 0 Å². The molecule has 7 nitrogen and oxygen atoms in total. The Morgan fingerprint density at radius 2 is 1.80 bits per heavy atom. The molecule has 0 aliphatic rings. The van der Waals surface area contributed by atoms with Gasteiger partial charge < -0.3 is 14.6 Å². The van der Waals surface area contributed by atoms with Gasteiger partial charge in [-0.25, -0.2) is 8.42 Å². The smallest absolute Gasteiger partial charge is 0.263 e. The molecule has 0 fully saturated rings. The van der Waals surface area contributed by atoms with E-state index in [1.54, 1.807) is 12.1 Å². The van der Waals surface area contributed by atoms with Crippen LogP contribution in [0.5, 0.6) is 5.75 Å². The van der Waals surface area contributed by atoms with Crippen molar-refractivity contribution in [2.75, 3.05) is 24.7 Å². The highest BCUT2D eigenvalue weighted by Gasteiger charge is 2.08. The second-order valence-corrected chi connectivity index (χ2v) is 7.32. The number of rotatable bonds is 7. The number of aromatic nitrogens is 2. The molecule has 130 valence electrons. The number of hydrogen-bond acceptors (Lipinski definition) is 7. The largest absolute Gasteiger partial charge is 0.492 e. The normalized spacial score (nSPS) is 11.2. The van der Waals surface area contributed by atoms with Gasteiger partial charge in [0.25, 0.3) is 11.8 Å². The highest BCUT2D eigenvalue weighted by atomic mass is 32.2.